The molecule has 4 heteroatoms. The van der Waals surface area contributed by atoms with E-state index in [1.165, 1.54) is 0 Å². The van der Waals surface area contributed by atoms with Crippen LogP contribution in [0.4, 0.5) is 0 Å². The van der Waals surface area contributed by atoms with Crippen molar-refractivity contribution in [2.75, 3.05) is 0 Å². The van der Waals surface area contributed by atoms with E-state index in [0.717, 1.165) is 22.3 Å². The van der Waals surface area contributed by atoms with E-state index in [-0.39, 0.29) is 0 Å². The summed E-state index contributed by atoms with van der Waals surface area (Å²) in [6.07, 6.45) is 3.49. The molecule has 3 rings (SSSR count). The van der Waals surface area contributed by atoms with Crippen LogP contribution in [0.3, 0.4) is 0 Å². The van der Waals surface area contributed by atoms with Crippen molar-refractivity contribution in [2.45, 2.75) is 0 Å². The van der Waals surface area contributed by atoms with Crippen molar-refractivity contribution in [3.8, 4) is 11.4 Å². The van der Waals surface area contributed by atoms with Gasteiger partial charge in [-0.05, 0) is 12.1 Å². The minimum Gasteiger partial charge on any atom is -0.317 e. The maximum Gasteiger partial charge on any atom is 0.165 e. The molecule has 3 aromatic rings. The highest BCUT2D eigenvalue weighted by atomic mass is 15.2. The molecule has 2 aromatic heterocycles. The predicted octanol–water partition coefficient (Wildman–Crippen LogP) is 2.03. The topological polar surface area (TPSA) is 43.6 Å². The van der Waals surface area contributed by atoms with E-state index < -0.39 is 0 Å². The summed E-state index contributed by atoms with van der Waals surface area (Å²) in [5.74, 6) is 0.837. The Bertz CT molecular complexity index is 637. The molecule has 0 radical (unpaired) electrons. The van der Waals surface area contributed by atoms with E-state index in [9.17, 15) is 0 Å². The second-order valence-corrected chi connectivity index (χ2v) is 3.65. The number of hydrogen-bond donors (Lipinski definition) is 0. The van der Waals surface area contributed by atoms with Gasteiger partial charge in [0.2, 0.25) is 0 Å². The molecular weight excluding hydrogens is 200 g/mol. The first-order chi connectivity index (χ1) is 7.86. The molecule has 0 aliphatic heterocycles. The molecule has 0 atom stereocenters. The molecule has 0 amide bonds. The molecule has 0 saturated heterocycles. The Morgan fingerprint density at radius 2 is 2.00 bits per heavy atom. The Hall–Kier alpha value is -2.23. The van der Waals surface area contributed by atoms with Crippen LogP contribution in [0.2, 0.25) is 0 Å². The third-order valence-corrected chi connectivity index (χ3v) is 2.59. The van der Waals surface area contributed by atoms with Crippen LogP contribution in [-0.2, 0) is 7.05 Å². The Morgan fingerprint density at radius 3 is 2.81 bits per heavy atom. The molecular formula is C12H10N4. The summed E-state index contributed by atoms with van der Waals surface area (Å²) in [6.45, 7) is 0. The van der Waals surface area contributed by atoms with Crippen molar-refractivity contribution in [1.29, 1.82) is 0 Å². The number of para-hydroxylation sites is 1. The third kappa shape index (κ3) is 1.27. The first kappa shape index (κ1) is 9.03. The zero-order chi connectivity index (χ0) is 11.0. The van der Waals surface area contributed by atoms with Gasteiger partial charge >= 0.3 is 0 Å². The lowest BCUT2D eigenvalue weighted by molar-refractivity contribution is 0.920. The summed E-state index contributed by atoms with van der Waals surface area (Å²) in [4.78, 5) is 4.40. The largest absolute Gasteiger partial charge is 0.317 e. The molecule has 0 N–H and O–H groups in total. The van der Waals surface area contributed by atoms with Crippen LogP contribution in [-0.4, -0.2) is 19.7 Å². The minimum absolute atomic E-state index is 0.837. The van der Waals surface area contributed by atoms with E-state index in [1.54, 1.807) is 12.5 Å². The number of fused-ring (bicyclic) bond motifs is 1. The summed E-state index contributed by atoms with van der Waals surface area (Å²) < 4.78 is 1.89. The highest BCUT2D eigenvalue weighted by Crippen LogP contribution is 2.24. The lowest BCUT2D eigenvalue weighted by Gasteiger charge is -2.04. The van der Waals surface area contributed by atoms with E-state index in [2.05, 4.69) is 15.2 Å². The van der Waals surface area contributed by atoms with Crippen LogP contribution in [0, 0.1) is 0 Å². The van der Waals surface area contributed by atoms with Crippen molar-refractivity contribution in [3.05, 3.63) is 42.9 Å². The summed E-state index contributed by atoms with van der Waals surface area (Å²) in [5, 5.41) is 9.11. The Morgan fingerprint density at radius 1 is 1.12 bits per heavy atom. The average molecular weight is 210 g/mol. The summed E-state index contributed by atoms with van der Waals surface area (Å²) in [5.41, 5.74) is 1.97. The van der Waals surface area contributed by atoms with Gasteiger partial charge in [0, 0.05) is 24.2 Å². The van der Waals surface area contributed by atoms with Gasteiger partial charge in [-0.2, -0.15) is 0 Å². The van der Waals surface area contributed by atoms with Crippen LogP contribution in [0.15, 0.2) is 42.9 Å². The van der Waals surface area contributed by atoms with Gasteiger partial charge in [-0.1, -0.05) is 18.2 Å². The number of nitrogens with zero attached hydrogens (tertiary/aromatic N) is 4. The predicted molar refractivity (Wildman–Crippen MR) is 61.7 cm³/mol. The van der Waals surface area contributed by atoms with Gasteiger partial charge in [0.25, 0.3) is 0 Å². The molecule has 0 aliphatic rings. The van der Waals surface area contributed by atoms with E-state index in [4.69, 9.17) is 0 Å². The van der Waals surface area contributed by atoms with E-state index >= 15 is 0 Å². The number of benzene rings is 1. The van der Waals surface area contributed by atoms with Crippen molar-refractivity contribution in [2.24, 2.45) is 7.05 Å². The number of aryl methyl sites for hydroxylation is 1. The fourth-order valence-corrected chi connectivity index (χ4v) is 1.81. The van der Waals surface area contributed by atoms with Gasteiger partial charge in [-0.3, -0.25) is 4.98 Å². The zero-order valence-corrected chi connectivity index (χ0v) is 8.83. The van der Waals surface area contributed by atoms with Crippen molar-refractivity contribution in [1.82, 2.24) is 19.7 Å². The molecule has 0 bridgehead atoms. The van der Waals surface area contributed by atoms with Crippen molar-refractivity contribution < 1.29 is 0 Å². The zero-order valence-electron chi connectivity index (χ0n) is 8.83. The maximum atomic E-state index is 4.40. The van der Waals surface area contributed by atoms with Gasteiger partial charge in [0.15, 0.2) is 5.82 Å². The fraction of sp³-hybridized carbons (Fsp3) is 0.0833. The first-order valence-electron chi connectivity index (χ1n) is 5.04. The number of rotatable bonds is 1. The SMILES string of the molecule is Cn1cnnc1-c1cccc2cccnc12. The maximum absolute atomic E-state index is 4.40. The molecule has 1 aromatic carbocycles. The van der Waals surface area contributed by atoms with Gasteiger partial charge < -0.3 is 4.57 Å². The average Bonchev–Trinajstić information content (AvgIpc) is 2.75. The van der Waals surface area contributed by atoms with Crippen molar-refractivity contribution in [3.63, 3.8) is 0 Å². The smallest absolute Gasteiger partial charge is 0.165 e. The second-order valence-electron chi connectivity index (χ2n) is 3.65. The first-order valence-corrected chi connectivity index (χ1v) is 5.04. The molecule has 0 fully saturated rings. The van der Waals surface area contributed by atoms with Gasteiger partial charge in [0.05, 0.1) is 5.52 Å². The van der Waals surface area contributed by atoms with Gasteiger partial charge in [-0.25, -0.2) is 0 Å². The Labute approximate surface area is 92.6 Å². The van der Waals surface area contributed by atoms with Gasteiger partial charge in [-0.15, -0.1) is 10.2 Å². The van der Waals surface area contributed by atoms with Crippen LogP contribution in [0.5, 0.6) is 0 Å². The molecule has 78 valence electrons. The fourth-order valence-electron chi connectivity index (χ4n) is 1.81. The van der Waals surface area contributed by atoms with Gasteiger partial charge in [0.1, 0.15) is 6.33 Å². The lowest BCUT2D eigenvalue weighted by Crippen LogP contribution is -1.93. The van der Waals surface area contributed by atoms with Crippen molar-refractivity contribution >= 4 is 10.9 Å². The molecule has 0 spiro atoms. The van der Waals surface area contributed by atoms with Crippen LogP contribution >= 0.6 is 0 Å². The van der Waals surface area contributed by atoms with Crippen LogP contribution in [0.25, 0.3) is 22.3 Å². The van der Waals surface area contributed by atoms with Crippen LogP contribution < -0.4 is 0 Å². The summed E-state index contributed by atoms with van der Waals surface area (Å²) >= 11 is 0. The second kappa shape index (κ2) is 3.41. The molecule has 0 saturated carbocycles. The number of hydrogen-bond acceptors (Lipinski definition) is 3. The third-order valence-electron chi connectivity index (χ3n) is 2.59. The monoisotopic (exact) mass is 210 g/mol. The van der Waals surface area contributed by atoms with E-state index in [1.807, 2.05) is 41.9 Å². The van der Waals surface area contributed by atoms with E-state index in [0.29, 0.717) is 0 Å². The molecule has 4 nitrogen and oxygen atoms in total. The highest BCUT2D eigenvalue weighted by Gasteiger charge is 2.08. The highest BCUT2D eigenvalue weighted by molar-refractivity contribution is 5.91. The minimum atomic E-state index is 0.837. The Balaban J connectivity index is 2.36. The molecule has 16 heavy (non-hydrogen) atoms. The quantitative estimate of drug-likeness (QED) is 0.617. The Kier molecular flexibility index (Phi) is 1.93. The lowest BCUT2D eigenvalue weighted by atomic mass is 10.1. The normalized spacial score (nSPS) is 10.8. The molecule has 0 aliphatic carbocycles. The molecule has 0 unspecified atom stereocenters. The number of aromatic nitrogens is 4. The van der Waals surface area contributed by atoms with Crippen LogP contribution in [0.1, 0.15) is 0 Å². The number of pyridine rings is 1. The molecule has 2 heterocycles. The summed E-state index contributed by atoms with van der Waals surface area (Å²) in [6, 6.07) is 10.0. The standard InChI is InChI=1S/C12H10N4/c1-16-8-14-15-12(16)10-6-2-4-9-5-3-7-13-11(9)10/h2-8H,1H3. The summed E-state index contributed by atoms with van der Waals surface area (Å²) in [7, 11) is 1.93.